The molecule has 1 heterocycles. The minimum Gasteiger partial charge on any atom is -0.507 e. The van der Waals surface area contributed by atoms with Gasteiger partial charge in [0.1, 0.15) is 17.3 Å². The van der Waals surface area contributed by atoms with Gasteiger partial charge in [-0.25, -0.2) is 0 Å². The predicted octanol–water partition coefficient (Wildman–Crippen LogP) is 6.67. The number of carbonyl (C=O) groups is 2. The molecule has 0 bridgehead atoms. The Morgan fingerprint density at radius 3 is 2.13 bits per heavy atom. The van der Waals surface area contributed by atoms with Crippen molar-refractivity contribution in [2.24, 2.45) is 0 Å². The van der Waals surface area contributed by atoms with Crippen molar-refractivity contribution in [1.82, 2.24) is 4.90 Å². The molecule has 1 aliphatic heterocycles. The van der Waals surface area contributed by atoms with Crippen molar-refractivity contribution in [3.05, 3.63) is 101 Å². The number of unbranched alkanes of at least 4 members (excludes halogenated alkanes) is 2. The monoisotopic (exact) mass is 513 g/mol. The Bertz CT molecular complexity index is 1270. The Labute approximate surface area is 224 Å². The van der Waals surface area contributed by atoms with Crippen LogP contribution in [0.25, 0.3) is 5.76 Å². The second-order valence-corrected chi connectivity index (χ2v) is 9.41. The highest BCUT2D eigenvalue weighted by Crippen LogP contribution is 2.41. The lowest BCUT2D eigenvalue weighted by molar-refractivity contribution is -0.140. The van der Waals surface area contributed by atoms with Crippen LogP contribution in [-0.2, 0) is 16.1 Å². The van der Waals surface area contributed by atoms with E-state index in [1.54, 1.807) is 18.2 Å². The fourth-order valence-electron chi connectivity index (χ4n) is 4.47. The molecule has 198 valence electrons. The van der Waals surface area contributed by atoms with Crippen LogP contribution in [0.3, 0.4) is 0 Å². The number of ether oxygens (including phenoxy) is 2. The van der Waals surface area contributed by atoms with Crippen molar-refractivity contribution in [3.8, 4) is 11.5 Å². The van der Waals surface area contributed by atoms with E-state index in [4.69, 9.17) is 9.47 Å². The minimum atomic E-state index is -0.746. The first-order valence-corrected chi connectivity index (χ1v) is 13.3. The highest BCUT2D eigenvalue weighted by atomic mass is 16.5. The predicted molar refractivity (Wildman–Crippen MR) is 148 cm³/mol. The maximum Gasteiger partial charge on any atom is 0.295 e. The molecule has 0 spiro atoms. The summed E-state index contributed by atoms with van der Waals surface area (Å²) in [5.74, 6) is -0.235. The molecule has 1 amide bonds. The molecule has 38 heavy (non-hydrogen) atoms. The highest BCUT2D eigenvalue weighted by Gasteiger charge is 2.46. The summed E-state index contributed by atoms with van der Waals surface area (Å²) in [5.41, 5.74) is 2.11. The van der Waals surface area contributed by atoms with E-state index >= 15 is 0 Å². The van der Waals surface area contributed by atoms with Gasteiger partial charge in [0.05, 0.1) is 24.8 Å². The van der Waals surface area contributed by atoms with Crippen molar-refractivity contribution < 1.29 is 24.2 Å². The number of aliphatic hydroxyl groups excluding tert-OH is 1. The standard InChI is InChI=1S/C32H35NO5/c1-3-5-19-37-26-17-15-24(16-18-26)29-28(30(34)25-13-10-14-27(21-25)38-20-6-4-2)31(35)32(36)33(29)22-23-11-8-7-9-12-23/h7-18,21,29,34H,3-6,19-20,22H2,1-2H3. The molecule has 3 aromatic carbocycles. The van der Waals surface area contributed by atoms with Gasteiger partial charge >= 0.3 is 0 Å². The van der Waals surface area contributed by atoms with Gasteiger partial charge in [-0.15, -0.1) is 0 Å². The van der Waals surface area contributed by atoms with Crippen molar-refractivity contribution in [2.75, 3.05) is 13.2 Å². The SMILES string of the molecule is CCCCOc1ccc(C2C(=C(O)c3cccc(OCCCC)c3)C(=O)C(=O)N2Cc2ccccc2)cc1. The topological polar surface area (TPSA) is 76.1 Å². The number of aliphatic hydroxyl groups is 1. The summed E-state index contributed by atoms with van der Waals surface area (Å²) in [4.78, 5) is 28.2. The van der Waals surface area contributed by atoms with Gasteiger partial charge < -0.3 is 19.5 Å². The Kier molecular flexibility index (Phi) is 9.20. The van der Waals surface area contributed by atoms with E-state index in [1.165, 1.54) is 4.90 Å². The van der Waals surface area contributed by atoms with E-state index in [0.29, 0.717) is 24.5 Å². The number of hydrogen-bond acceptors (Lipinski definition) is 5. The number of nitrogens with zero attached hydrogens (tertiary/aromatic N) is 1. The van der Waals surface area contributed by atoms with Gasteiger partial charge in [-0.2, -0.15) is 0 Å². The molecule has 0 aromatic heterocycles. The summed E-state index contributed by atoms with van der Waals surface area (Å²) in [5, 5.41) is 11.4. The van der Waals surface area contributed by atoms with Crippen LogP contribution in [-0.4, -0.2) is 34.9 Å². The van der Waals surface area contributed by atoms with Crippen LogP contribution >= 0.6 is 0 Å². The number of likely N-dealkylation sites (tertiary alicyclic amines) is 1. The fraction of sp³-hybridized carbons (Fsp3) is 0.312. The van der Waals surface area contributed by atoms with Gasteiger partial charge in [0, 0.05) is 12.1 Å². The molecule has 0 radical (unpaired) electrons. The molecule has 0 saturated carbocycles. The molecule has 0 aliphatic carbocycles. The van der Waals surface area contributed by atoms with Crippen molar-refractivity contribution in [1.29, 1.82) is 0 Å². The van der Waals surface area contributed by atoms with E-state index in [2.05, 4.69) is 13.8 Å². The van der Waals surface area contributed by atoms with E-state index in [9.17, 15) is 14.7 Å². The maximum absolute atomic E-state index is 13.4. The van der Waals surface area contributed by atoms with Crippen LogP contribution in [0.4, 0.5) is 0 Å². The average Bonchev–Trinajstić information content (AvgIpc) is 3.19. The first-order valence-electron chi connectivity index (χ1n) is 13.3. The van der Waals surface area contributed by atoms with Gasteiger partial charge in [0.15, 0.2) is 0 Å². The van der Waals surface area contributed by atoms with Crippen LogP contribution in [0.5, 0.6) is 11.5 Å². The summed E-state index contributed by atoms with van der Waals surface area (Å²) < 4.78 is 11.6. The Hall–Kier alpha value is -4.06. The lowest BCUT2D eigenvalue weighted by atomic mass is 9.95. The van der Waals surface area contributed by atoms with Gasteiger partial charge in [-0.3, -0.25) is 9.59 Å². The number of Topliss-reactive ketones (excluding diaryl/α,β-unsaturated/α-hetero) is 1. The molecule has 1 saturated heterocycles. The zero-order valence-corrected chi connectivity index (χ0v) is 22.1. The fourth-order valence-corrected chi connectivity index (χ4v) is 4.47. The molecular formula is C32H35NO5. The number of benzene rings is 3. The maximum atomic E-state index is 13.4. The molecule has 6 nitrogen and oxygen atoms in total. The number of amides is 1. The zero-order valence-electron chi connectivity index (χ0n) is 22.1. The third kappa shape index (κ3) is 6.25. The van der Waals surface area contributed by atoms with Crippen LogP contribution < -0.4 is 9.47 Å². The van der Waals surface area contributed by atoms with E-state index in [1.807, 2.05) is 60.7 Å². The van der Waals surface area contributed by atoms with Crippen molar-refractivity contribution >= 4 is 17.4 Å². The Morgan fingerprint density at radius 2 is 1.47 bits per heavy atom. The first kappa shape index (κ1) is 27.0. The molecule has 1 atom stereocenters. The average molecular weight is 514 g/mol. The van der Waals surface area contributed by atoms with E-state index in [0.717, 1.165) is 42.6 Å². The van der Waals surface area contributed by atoms with E-state index in [-0.39, 0.29) is 17.9 Å². The second-order valence-electron chi connectivity index (χ2n) is 9.41. The first-order chi connectivity index (χ1) is 18.5. The Morgan fingerprint density at radius 1 is 0.816 bits per heavy atom. The number of hydrogen-bond donors (Lipinski definition) is 1. The summed E-state index contributed by atoms with van der Waals surface area (Å²) in [7, 11) is 0. The molecular weight excluding hydrogens is 478 g/mol. The largest absolute Gasteiger partial charge is 0.507 e. The lowest BCUT2D eigenvalue weighted by Gasteiger charge is -2.25. The quantitative estimate of drug-likeness (QED) is 0.127. The summed E-state index contributed by atoms with van der Waals surface area (Å²) >= 11 is 0. The molecule has 1 N–H and O–H groups in total. The van der Waals surface area contributed by atoms with Crippen LogP contribution in [0.1, 0.15) is 62.3 Å². The van der Waals surface area contributed by atoms with Crippen LogP contribution in [0, 0.1) is 0 Å². The molecule has 1 fully saturated rings. The molecule has 3 aromatic rings. The van der Waals surface area contributed by atoms with Gasteiger partial charge in [0.2, 0.25) is 0 Å². The zero-order chi connectivity index (χ0) is 26.9. The summed E-state index contributed by atoms with van der Waals surface area (Å²) in [6, 6.07) is 23.2. The van der Waals surface area contributed by atoms with Gasteiger partial charge in [-0.1, -0.05) is 81.3 Å². The number of rotatable bonds is 12. The third-order valence-electron chi connectivity index (χ3n) is 6.57. The molecule has 1 unspecified atom stereocenters. The minimum absolute atomic E-state index is 0.0660. The molecule has 1 aliphatic rings. The lowest BCUT2D eigenvalue weighted by Crippen LogP contribution is -2.29. The van der Waals surface area contributed by atoms with Crippen molar-refractivity contribution in [3.63, 3.8) is 0 Å². The van der Waals surface area contributed by atoms with Crippen molar-refractivity contribution in [2.45, 2.75) is 52.1 Å². The van der Waals surface area contributed by atoms with E-state index < -0.39 is 17.7 Å². The number of carbonyl (C=O) groups excluding carboxylic acids is 2. The second kappa shape index (κ2) is 13.0. The highest BCUT2D eigenvalue weighted by molar-refractivity contribution is 6.46. The third-order valence-corrected chi connectivity index (χ3v) is 6.57. The summed E-state index contributed by atoms with van der Waals surface area (Å²) in [6.07, 6.45) is 3.92. The summed E-state index contributed by atoms with van der Waals surface area (Å²) in [6.45, 7) is 5.62. The smallest absolute Gasteiger partial charge is 0.295 e. The van der Waals surface area contributed by atoms with Gasteiger partial charge in [-0.05, 0) is 48.2 Å². The van der Waals surface area contributed by atoms with Crippen LogP contribution in [0.15, 0.2) is 84.4 Å². The number of ketones is 1. The Balaban J connectivity index is 1.73. The van der Waals surface area contributed by atoms with Gasteiger partial charge in [0.25, 0.3) is 11.7 Å². The van der Waals surface area contributed by atoms with Crippen LogP contribution in [0.2, 0.25) is 0 Å². The molecule has 6 heteroatoms. The normalized spacial score (nSPS) is 16.6. The molecule has 4 rings (SSSR count).